The lowest BCUT2D eigenvalue weighted by Gasteiger charge is -1.99. The van der Waals surface area contributed by atoms with E-state index >= 15 is 0 Å². The third kappa shape index (κ3) is 28.4. The summed E-state index contributed by atoms with van der Waals surface area (Å²) in [6.07, 6.45) is 0.284. The molecule has 0 aliphatic carbocycles. The number of nitrogens with one attached hydrogen (secondary N) is 1. The minimum Gasteiger partial charge on any atom is -0.481 e. The molecule has 0 aromatic carbocycles. The molecule has 1 rings (SSSR count). The summed E-state index contributed by atoms with van der Waals surface area (Å²) >= 11 is 0. The molecule has 1 unspecified atom stereocenters. The maximum atomic E-state index is 10.1. The van der Waals surface area contributed by atoms with Gasteiger partial charge in [-0.15, -0.1) is 0 Å². The first-order chi connectivity index (χ1) is 12.3. The van der Waals surface area contributed by atoms with E-state index in [1.807, 2.05) is 0 Å². The van der Waals surface area contributed by atoms with Gasteiger partial charge in [-0.1, -0.05) is 6.92 Å². The van der Waals surface area contributed by atoms with Gasteiger partial charge < -0.3 is 36.0 Å². The second-order valence-corrected chi connectivity index (χ2v) is 5.06. The fourth-order valence-corrected chi connectivity index (χ4v) is 1.28. The monoisotopic (exact) mass is 397 g/mol. The average Bonchev–Trinajstić information content (AvgIpc) is 3.07. The van der Waals surface area contributed by atoms with Crippen molar-refractivity contribution in [1.29, 1.82) is 0 Å². The largest absolute Gasteiger partial charge is 0.481 e. The molecule has 12 nitrogen and oxygen atoms in total. The Morgan fingerprint density at radius 1 is 0.963 bits per heavy atom. The molecule has 1 aliphatic rings. The van der Waals surface area contributed by atoms with Crippen LogP contribution in [0, 0.1) is 0 Å². The van der Waals surface area contributed by atoms with Crippen molar-refractivity contribution < 1.29 is 54.6 Å². The van der Waals surface area contributed by atoms with Crippen LogP contribution in [0.25, 0.3) is 0 Å². The zero-order valence-electron chi connectivity index (χ0n) is 15.1. The predicted molar refractivity (Wildman–Crippen MR) is 90.4 cm³/mol. The molecule has 0 spiro atoms. The van der Waals surface area contributed by atoms with Crippen molar-refractivity contribution in [3.63, 3.8) is 0 Å². The third-order valence-electron chi connectivity index (χ3n) is 2.58. The predicted octanol–water partition coefficient (Wildman–Crippen LogP) is -0.308. The van der Waals surface area contributed by atoms with E-state index in [9.17, 15) is 19.2 Å². The molecular formula is C15H27NO11. The molecule has 0 aromatic heterocycles. The molecule has 7 N–H and O–H groups in total. The van der Waals surface area contributed by atoms with E-state index in [1.54, 1.807) is 6.92 Å². The second kappa shape index (κ2) is 18.1. The highest BCUT2D eigenvalue weighted by atomic mass is 16.4. The van der Waals surface area contributed by atoms with Gasteiger partial charge in [-0.2, -0.15) is 0 Å². The summed E-state index contributed by atoms with van der Waals surface area (Å²) in [6.45, 7) is 3.55. The normalized spacial score (nSPS) is 15.3. The van der Waals surface area contributed by atoms with E-state index in [2.05, 4.69) is 5.32 Å². The Hall–Kier alpha value is -2.73. The van der Waals surface area contributed by atoms with Gasteiger partial charge in [0.1, 0.15) is 6.04 Å². The number of carbonyl (C=O) groups is 5. The molecule has 1 aliphatic heterocycles. The number of hydrogen-bond donors (Lipinski definition) is 7. The summed E-state index contributed by atoms with van der Waals surface area (Å²) < 4.78 is 0. The quantitative estimate of drug-likeness (QED) is 0.307. The molecule has 0 aromatic rings. The average molecular weight is 397 g/mol. The second-order valence-electron chi connectivity index (χ2n) is 5.06. The van der Waals surface area contributed by atoms with Crippen LogP contribution in [0.15, 0.2) is 0 Å². The van der Waals surface area contributed by atoms with Gasteiger partial charge in [0.15, 0.2) is 6.10 Å². The highest BCUT2D eigenvalue weighted by molar-refractivity contribution is 5.75. The van der Waals surface area contributed by atoms with Crippen molar-refractivity contribution in [2.45, 2.75) is 58.1 Å². The molecule has 0 radical (unpaired) electrons. The van der Waals surface area contributed by atoms with Gasteiger partial charge >= 0.3 is 23.9 Å². The molecule has 158 valence electrons. The summed E-state index contributed by atoms with van der Waals surface area (Å²) in [7, 11) is 0. The van der Waals surface area contributed by atoms with Gasteiger partial charge in [0.05, 0.1) is 12.8 Å². The van der Waals surface area contributed by atoms with E-state index in [0.717, 1.165) is 26.3 Å². The van der Waals surface area contributed by atoms with Crippen LogP contribution in [0.4, 0.5) is 0 Å². The van der Waals surface area contributed by atoms with Crippen LogP contribution < -0.4 is 5.32 Å². The summed E-state index contributed by atoms with van der Waals surface area (Å²) in [5.74, 6) is -4.86. The highest BCUT2D eigenvalue weighted by Crippen LogP contribution is 2.03. The van der Waals surface area contributed by atoms with Crippen molar-refractivity contribution >= 4 is 29.8 Å². The molecule has 0 amide bonds. The fourth-order valence-electron chi connectivity index (χ4n) is 1.28. The fraction of sp³-hybridized carbons (Fsp3) is 0.667. The van der Waals surface area contributed by atoms with E-state index in [4.69, 9.17) is 35.4 Å². The van der Waals surface area contributed by atoms with Crippen LogP contribution in [0.3, 0.4) is 0 Å². The molecule has 0 bridgehead atoms. The van der Waals surface area contributed by atoms with E-state index in [1.165, 1.54) is 0 Å². The lowest BCUT2D eigenvalue weighted by Crippen LogP contribution is -2.29. The van der Waals surface area contributed by atoms with Crippen LogP contribution in [0.2, 0.25) is 0 Å². The molecule has 1 fully saturated rings. The van der Waals surface area contributed by atoms with Gasteiger partial charge in [-0.25, -0.2) is 4.79 Å². The molecule has 1 saturated heterocycles. The van der Waals surface area contributed by atoms with E-state index in [-0.39, 0.29) is 25.3 Å². The highest BCUT2D eigenvalue weighted by Gasteiger charge is 2.20. The Morgan fingerprint density at radius 3 is 1.48 bits per heavy atom. The molecule has 2 atom stereocenters. The zero-order valence-corrected chi connectivity index (χ0v) is 15.1. The third-order valence-corrected chi connectivity index (χ3v) is 2.58. The minimum absolute atomic E-state index is 0.269. The summed E-state index contributed by atoms with van der Waals surface area (Å²) in [5, 5.41) is 50.7. The van der Waals surface area contributed by atoms with Gasteiger partial charge in [0.2, 0.25) is 0 Å². The van der Waals surface area contributed by atoms with Gasteiger partial charge in [0, 0.05) is 6.92 Å². The Morgan fingerprint density at radius 2 is 1.37 bits per heavy atom. The summed E-state index contributed by atoms with van der Waals surface area (Å²) in [6, 6.07) is -0.269. The van der Waals surface area contributed by atoms with Crippen LogP contribution in [0.1, 0.15) is 46.0 Å². The maximum absolute atomic E-state index is 10.1. The van der Waals surface area contributed by atoms with E-state index < -0.39 is 36.0 Å². The molecular weight excluding hydrogens is 370 g/mol. The smallest absolute Gasteiger partial charge is 0.332 e. The van der Waals surface area contributed by atoms with Crippen molar-refractivity contribution in [1.82, 2.24) is 5.32 Å². The SMILES string of the molecule is CC(=O)O.CCC(O)C(=O)O.O=C(O)CCC(=O)O.O=C(O)[C@@H]1CCCN1. The molecule has 0 saturated carbocycles. The lowest BCUT2D eigenvalue weighted by molar-refractivity contribution is -0.146. The van der Waals surface area contributed by atoms with Crippen LogP contribution in [-0.2, 0) is 24.0 Å². The number of hydrogen-bond acceptors (Lipinski definition) is 7. The summed E-state index contributed by atoms with van der Waals surface area (Å²) in [4.78, 5) is 48.1. The number of carboxylic acid groups (broad SMARTS) is 5. The van der Waals surface area contributed by atoms with Gasteiger partial charge in [-0.05, 0) is 25.8 Å². The lowest BCUT2D eigenvalue weighted by atomic mass is 10.2. The maximum Gasteiger partial charge on any atom is 0.332 e. The topological polar surface area (TPSA) is 219 Å². The Kier molecular flexibility index (Phi) is 19.4. The first-order valence-electron chi connectivity index (χ1n) is 7.85. The van der Waals surface area contributed by atoms with Crippen molar-refractivity contribution in [2.24, 2.45) is 0 Å². The van der Waals surface area contributed by atoms with Crippen LogP contribution in [0.5, 0.6) is 0 Å². The summed E-state index contributed by atoms with van der Waals surface area (Å²) in [5.41, 5.74) is 0. The van der Waals surface area contributed by atoms with Crippen molar-refractivity contribution in [3.8, 4) is 0 Å². The Balaban J connectivity index is -0.000000293. The van der Waals surface area contributed by atoms with Crippen molar-refractivity contribution in [2.75, 3.05) is 6.54 Å². The van der Waals surface area contributed by atoms with Crippen LogP contribution in [-0.4, -0.2) is 79.2 Å². The van der Waals surface area contributed by atoms with Crippen molar-refractivity contribution in [3.05, 3.63) is 0 Å². The molecule has 1 heterocycles. The Labute approximate surface area is 155 Å². The number of aliphatic carboxylic acids is 5. The molecule has 12 heteroatoms. The van der Waals surface area contributed by atoms with E-state index in [0.29, 0.717) is 0 Å². The number of aliphatic hydroxyl groups is 1. The Bertz CT molecular complexity index is 454. The first kappa shape index (κ1) is 29.0. The van der Waals surface area contributed by atoms with Gasteiger partial charge in [-0.3, -0.25) is 19.2 Å². The zero-order chi connectivity index (χ0) is 22.0. The first-order valence-corrected chi connectivity index (χ1v) is 7.85. The molecule has 27 heavy (non-hydrogen) atoms. The standard InChI is InChI=1S/C5H9NO2.C4H6O4.C4H8O3.C2H4O2/c7-5(8)4-2-1-3-6-4;5-3(6)1-2-4(7)8;1-2-3(5)4(6)7;1-2(3)4/h4,6H,1-3H2,(H,7,8);1-2H2,(H,5,6)(H,7,8);3,5H,2H2,1H3,(H,6,7);1H3,(H,3,4)/t4-;;;/m0.../s1. The number of aliphatic hydroxyl groups excluding tert-OH is 1. The van der Waals surface area contributed by atoms with Crippen LogP contribution >= 0.6 is 0 Å². The number of rotatable bonds is 6. The number of carboxylic acids is 5. The van der Waals surface area contributed by atoms with Gasteiger partial charge in [0.25, 0.3) is 5.97 Å². The minimum atomic E-state index is -1.18.